The molecule has 0 spiro atoms. The predicted molar refractivity (Wildman–Crippen MR) is 82.5 cm³/mol. The van der Waals surface area contributed by atoms with Crippen molar-refractivity contribution in [2.45, 2.75) is 11.3 Å². The Morgan fingerprint density at radius 3 is 2.74 bits per heavy atom. The van der Waals surface area contributed by atoms with Gasteiger partial charge in [-0.25, -0.2) is 12.8 Å². The number of carbonyl (C=O) groups excluding carboxylic acids is 1. The molecule has 3 rings (SSSR count). The lowest BCUT2D eigenvalue weighted by Crippen LogP contribution is -2.14. The molecule has 0 unspecified atom stereocenters. The molecule has 0 aromatic heterocycles. The number of hydrogen-bond donors (Lipinski definition) is 2. The van der Waals surface area contributed by atoms with Gasteiger partial charge in [-0.2, -0.15) is 0 Å². The van der Waals surface area contributed by atoms with Crippen molar-refractivity contribution >= 4 is 27.3 Å². The fourth-order valence-electron chi connectivity index (χ4n) is 2.34. The number of amides is 1. The van der Waals surface area contributed by atoms with Crippen LogP contribution in [0, 0.1) is 5.82 Å². The van der Waals surface area contributed by atoms with Gasteiger partial charge >= 0.3 is 0 Å². The molecule has 0 fully saturated rings. The summed E-state index contributed by atoms with van der Waals surface area (Å²) in [5.74, 6) is -0.575. The summed E-state index contributed by atoms with van der Waals surface area (Å²) in [6, 6.07) is 7.86. The molecular formula is C15H13FN2O4S. The minimum atomic E-state index is -3.94. The van der Waals surface area contributed by atoms with E-state index >= 15 is 0 Å². The van der Waals surface area contributed by atoms with Gasteiger partial charge in [-0.05, 0) is 35.9 Å². The summed E-state index contributed by atoms with van der Waals surface area (Å²) in [5.41, 5.74) is 1.20. The number of anilines is 2. The molecule has 120 valence electrons. The number of halogens is 1. The summed E-state index contributed by atoms with van der Waals surface area (Å²) in [4.78, 5) is 11.3. The summed E-state index contributed by atoms with van der Waals surface area (Å²) < 4.78 is 45.6. The molecule has 0 radical (unpaired) electrons. The van der Waals surface area contributed by atoms with Crippen LogP contribution in [-0.2, 0) is 21.2 Å². The van der Waals surface area contributed by atoms with E-state index in [2.05, 4.69) is 10.0 Å². The van der Waals surface area contributed by atoms with Gasteiger partial charge in [-0.15, -0.1) is 0 Å². The van der Waals surface area contributed by atoms with Crippen LogP contribution in [0.25, 0.3) is 0 Å². The minimum absolute atomic E-state index is 0.00204. The first-order chi connectivity index (χ1) is 10.9. The van der Waals surface area contributed by atoms with E-state index in [4.69, 9.17) is 4.74 Å². The molecule has 1 aliphatic heterocycles. The molecule has 2 N–H and O–H groups in total. The van der Waals surface area contributed by atoms with Crippen LogP contribution in [0.4, 0.5) is 15.8 Å². The van der Waals surface area contributed by atoms with Gasteiger partial charge in [-0.3, -0.25) is 9.52 Å². The van der Waals surface area contributed by atoms with Gasteiger partial charge < -0.3 is 10.1 Å². The Bertz CT molecular complexity index is 896. The first-order valence-electron chi connectivity index (χ1n) is 6.68. The summed E-state index contributed by atoms with van der Waals surface area (Å²) >= 11 is 0. The zero-order valence-electron chi connectivity index (χ0n) is 12.1. The van der Waals surface area contributed by atoms with Crippen molar-refractivity contribution in [2.24, 2.45) is 0 Å². The second-order valence-corrected chi connectivity index (χ2v) is 6.68. The molecule has 0 atom stereocenters. The second kappa shape index (κ2) is 5.54. The smallest absolute Gasteiger partial charge is 0.262 e. The maximum atomic E-state index is 13.3. The van der Waals surface area contributed by atoms with Crippen molar-refractivity contribution in [1.82, 2.24) is 0 Å². The third-order valence-corrected chi connectivity index (χ3v) is 4.78. The summed E-state index contributed by atoms with van der Waals surface area (Å²) in [5, 5.41) is 2.63. The summed E-state index contributed by atoms with van der Waals surface area (Å²) in [6.07, 6.45) is 0.127. The number of rotatable bonds is 4. The highest BCUT2D eigenvalue weighted by atomic mass is 32.2. The SMILES string of the molecule is COc1ccc(F)cc1NS(=O)(=O)c1ccc2c(c1)CC(=O)N2. The fraction of sp³-hybridized carbons (Fsp3) is 0.133. The average molecular weight is 336 g/mol. The molecule has 2 aromatic rings. The third-order valence-electron chi connectivity index (χ3n) is 3.42. The van der Waals surface area contributed by atoms with Gasteiger partial charge in [0.15, 0.2) is 0 Å². The lowest BCUT2D eigenvalue weighted by Gasteiger charge is -2.12. The Balaban J connectivity index is 1.96. The molecule has 1 amide bonds. The molecule has 0 aliphatic carbocycles. The number of hydrogen-bond acceptors (Lipinski definition) is 4. The normalized spacial score (nSPS) is 13.4. The number of carbonyl (C=O) groups is 1. The number of sulfonamides is 1. The van der Waals surface area contributed by atoms with Gasteiger partial charge in [0.25, 0.3) is 10.0 Å². The highest BCUT2D eigenvalue weighted by molar-refractivity contribution is 7.92. The molecule has 1 aliphatic rings. The summed E-state index contributed by atoms with van der Waals surface area (Å²) in [6.45, 7) is 0. The molecule has 0 saturated carbocycles. The zero-order chi connectivity index (χ0) is 16.6. The Morgan fingerprint density at radius 1 is 1.22 bits per heavy atom. The average Bonchev–Trinajstić information content (AvgIpc) is 2.86. The van der Waals surface area contributed by atoms with Crippen molar-refractivity contribution < 1.29 is 22.3 Å². The Labute approximate surface area is 132 Å². The van der Waals surface area contributed by atoms with Crippen LogP contribution in [0.3, 0.4) is 0 Å². The van der Waals surface area contributed by atoms with Crippen molar-refractivity contribution in [3.63, 3.8) is 0 Å². The number of benzene rings is 2. The molecular weight excluding hydrogens is 323 g/mol. The standard InChI is InChI=1S/C15H13FN2O4S/c1-22-14-5-2-10(16)8-13(14)18-23(20,21)11-3-4-12-9(6-11)7-15(19)17-12/h2-6,8,18H,7H2,1H3,(H,17,19). The lowest BCUT2D eigenvalue weighted by molar-refractivity contribution is -0.115. The number of methoxy groups -OCH3 is 1. The number of ether oxygens (including phenoxy) is 1. The molecule has 0 saturated heterocycles. The fourth-order valence-corrected chi connectivity index (χ4v) is 3.45. The van der Waals surface area contributed by atoms with Crippen LogP contribution in [0.15, 0.2) is 41.3 Å². The van der Waals surface area contributed by atoms with E-state index < -0.39 is 15.8 Å². The van der Waals surface area contributed by atoms with Gasteiger partial charge in [0, 0.05) is 11.8 Å². The summed E-state index contributed by atoms with van der Waals surface area (Å²) in [7, 11) is -2.58. The molecule has 6 nitrogen and oxygen atoms in total. The third kappa shape index (κ3) is 2.98. The second-order valence-electron chi connectivity index (χ2n) is 4.99. The highest BCUT2D eigenvalue weighted by Gasteiger charge is 2.22. The highest BCUT2D eigenvalue weighted by Crippen LogP contribution is 2.30. The molecule has 2 aromatic carbocycles. The van der Waals surface area contributed by atoms with Gasteiger partial charge in [0.05, 0.1) is 24.1 Å². The van der Waals surface area contributed by atoms with Crippen LogP contribution in [-0.4, -0.2) is 21.4 Å². The Morgan fingerprint density at radius 2 is 2.00 bits per heavy atom. The largest absolute Gasteiger partial charge is 0.495 e. The lowest BCUT2D eigenvalue weighted by atomic mass is 10.2. The van der Waals surface area contributed by atoms with E-state index in [9.17, 15) is 17.6 Å². The van der Waals surface area contributed by atoms with E-state index in [1.165, 1.54) is 37.4 Å². The van der Waals surface area contributed by atoms with E-state index in [0.29, 0.717) is 11.3 Å². The van der Waals surface area contributed by atoms with Crippen molar-refractivity contribution in [3.05, 3.63) is 47.8 Å². The van der Waals surface area contributed by atoms with Gasteiger partial charge in [0.1, 0.15) is 11.6 Å². The van der Waals surface area contributed by atoms with E-state index in [1.807, 2.05) is 0 Å². The van der Waals surface area contributed by atoms with Crippen LogP contribution < -0.4 is 14.8 Å². The van der Waals surface area contributed by atoms with E-state index in [-0.39, 0.29) is 28.7 Å². The van der Waals surface area contributed by atoms with E-state index in [0.717, 1.165) is 6.07 Å². The maximum absolute atomic E-state index is 13.3. The van der Waals surface area contributed by atoms with Crippen molar-refractivity contribution in [1.29, 1.82) is 0 Å². The van der Waals surface area contributed by atoms with E-state index in [1.54, 1.807) is 0 Å². The molecule has 1 heterocycles. The van der Waals surface area contributed by atoms with Gasteiger partial charge in [-0.1, -0.05) is 0 Å². The maximum Gasteiger partial charge on any atom is 0.262 e. The van der Waals surface area contributed by atoms with Crippen molar-refractivity contribution in [3.8, 4) is 5.75 Å². The Hall–Kier alpha value is -2.61. The number of fused-ring (bicyclic) bond motifs is 1. The molecule has 0 bridgehead atoms. The van der Waals surface area contributed by atoms with Crippen LogP contribution in [0.2, 0.25) is 0 Å². The first kappa shape index (κ1) is 15.3. The topological polar surface area (TPSA) is 84.5 Å². The van der Waals surface area contributed by atoms with Crippen LogP contribution >= 0.6 is 0 Å². The zero-order valence-corrected chi connectivity index (χ0v) is 12.9. The quantitative estimate of drug-likeness (QED) is 0.896. The monoisotopic (exact) mass is 336 g/mol. The van der Waals surface area contributed by atoms with Crippen molar-refractivity contribution in [2.75, 3.05) is 17.1 Å². The predicted octanol–water partition coefficient (Wildman–Crippen LogP) is 2.13. The molecule has 23 heavy (non-hydrogen) atoms. The van der Waals surface area contributed by atoms with Crippen LogP contribution in [0.5, 0.6) is 5.75 Å². The van der Waals surface area contributed by atoms with Crippen LogP contribution in [0.1, 0.15) is 5.56 Å². The first-order valence-corrected chi connectivity index (χ1v) is 8.16. The van der Waals surface area contributed by atoms with Gasteiger partial charge in [0.2, 0.25) is 5.91 Å². The number of nitrogens with one attached hydrogen (secondary N) is 2. The Kier molecular flexibility index (Phi) is 3.69. The molecule has 8 heteroatoms. The minimum Gasteiger partial charge on any atom is -0.495 e.